The van der Waals surface area contributed by atoms with Gasteiger partial charge in [0, 0.05) is 32.1 Å². The maximum absolute atomic E-state index is 4.20. The van der Waals surface area contributed by atoms with E-state index in [9.17, 15) is 0 Å². The Morgan fingerprint density at radius 3 is 2.74 bits per heavy atom. The van der Waals surface area contributed by atoms with Gasteiger partial charge in [-0.1, -0.05) is 36.4 Å². The average molecular weight is 258 g/mol. The number of hydrogen-bond acceptors (Lipinski definition) is 3. The van der Waals surface area contributed by atoms with E-state index in [1.54, 1.807) is 4.68 Å². The van der Waals surface area contributed by atoms with Crippen LogP contribution < -0.4 is 5.32 Å². The first-order valence-electron chi connectivity index (χ1n) is 6.82. The fraction of sp³-hybridized carbons (Fsp3) is 0.467. The van der Waals surface area contributed by atoms with Crippen molar-refractivity contribution in [2.45, 2.75) is 26.2 Å². The highest BCUT2D eigenvalue weighted by Crippen LogP contribution is 2.22. The van der Waals surface area contributed by atoms with Crippen LogP contribution in [-0.4, -0.2) is 28.1 Å². The van der Waals surface area contributed by atoms with E-state index in [2.05, 4.69) is 53.7 Å². The Balaban J connectivity index is 2.18. The molecule has 0 amide bonds. The number of aromatic nitrogens is 3. The van der Waals surface area contributed by atoms with Gasteiger partial charge in [0.05, 0.1) is 5.69 Å². The van der Waals surface area contributed by atoms with Crippen molar-refractivity contribution in [1.82, 2.24) is 20.3 Å². The van der Waals surface area contributed by atoms with Crippen molar-refractivity contribution in [2.24, 2.45) is 7.05 Å². The Kier molecular flexibility index (Phi) is 4.68. The zero-order chi connectivity index (χ0) is 13.7. The maximum Gasteiger partial charge on any atom is 0.0833 e. The lowest BCUT2D eigenvalue weighted by Gasteiger charge is -2.18. The summed E-state index contributed by atoms with van der Waals surface area (Å²) in [5.41, 5.74) is 3.79. The zero-order valence-electron chi connectivity index (χ0n) is 11.9. The molecule has 2 rings (SSSR count). The second-order valence-electron chi connectivity index (χ2n) is 4.95. The van der Waals surface area contributed by atoms with Gasteiger partial charge in [0.25, 0.3) is 0 Å². The summed E-state index contributed by atoms with van der Waals surface area (Å²) in [6.07, 6.45) is 2.92. The smallest absolute Gasteiger partial charge is 0.0833 e. The van der Waals surface area contributed by atoms with Crippen LogP contribution in [0, 0.1) is 6.92 Å². The molecule has 0 aliphatic rings. The van der Waals surface area contributed by atoms with Gasteiger partial charge in [-0.15, -0.1) is 5.10 Å². The van der Waals surface area contributed by atoms with Gasteiger partial charge >= 0.3 is 0 Å². The van der Waals surface area contributed by atoms with E-state index < -0.39 is 0 Å². The van der Waals surface area contributed by atoms with E-state index in [0.29, 0.717) is 5.92 Å². The molecule has 1 aromatic heterocycles. The fourth-order valence-electron chi connectivity index (χ4n) is 2.40. The highest BCUT2D eigenvalue weighted by molar-refractivity contribution is 5.30. The minimum absolute atomic E-state index is 0.442. The van der Waals surface area contributed by atoms with Crippen LogP contribution in [0.1, 0.15) is 29.7 Å². The van der Waals surface area contributed by atoms with Crippen molar-refractivity contribution >= 4 is 0 Å². The predicted octanol–water partition coefficient (Wildman–Crippen LogP) is 2.06. The topological polar surface area (TPSA) is 42.7 Å². The van der Waals surface area contributed by atoms with E-state index in [1.165, 1.54) is 11.1 Å². The van der Waals surface area contributed by atoms with Crippen LogP contribution in [0.3, 0.4) is 0 Å². The van der Waals surface area contributed by atoms with Crippen LogP contribution in [0.15, 0.2) is 30.5 Å². The van der Waals surface area contributed by atoms with E-state index in [4.69, 9.17) is 0 Å². The lowest BCUT2D eigenvalue weighted by molar-refractivity contribution is 0.586. The Morgan fingerprint density at radius 1 is 1.32 bits per heavy atom. The number of nitrogens with zero attached hydrogens (tertiary/aromatic N) is 3. The van der Waals surface area contributed by atoms with E-state index in [0.717, 1.165) is 25.2 Å². The third-order valence-electron chi connectivity index (χ3n) is 3.37. The van der Waals surface area contributed by atoms with Crippen LogP contribution in [0.2, 0.25) is 0 Å². The van der Waals surface area contributed by atoms with Gasteiger partial charge in [0.15, 0.2) is 0 Å². The molecule has 1 N–H and O–H groups in total. The molecule has 0 aliphatic heterocycles. The van der Waals surface area contributed by atoms with Crippen molar-refractivity contribution in [2.75, 3.05) is 13.1 Å². The molecule has 0 fully saturated rings. The van der Waals surface area contributed by atoms with Crippen LogP contribution >= 0.6 is 0 Å². The molecule has 0 bridgehead atoms. The normalized spacial score (nSPS) is 12.6. The Labute approximate surface area is 114 Å². The molecule has 0 saturated carbocycles. The summed E-state index contributed by atoms with van der Waals surface area (Å²) in [6.45, 7) is 6.27. The predicted molar refractivity (Wildman–Crippen MR) is 77.2 cm³/mol. The number of nitrogens with one attached hydrogen (secondary N) is 1. The minimum Gasteiger partial charge on any atom is -0.316 e. The Morgan fingerprint density at radius 2 is 2.11 bits per heavy atom. The molecule has 1 unspecified atom stereocenters. The first kappa shape index (κ1) is 13.7. The molecular weight excluding hydrogens is 236 g/mol. The van der Waals surface area contributed by atoms with E-state index >= 15 is 0 Å². The summed E-state index contributed by atoms with van der Waals surface area (Å²) in [4.78, 5) is 0. The summed E-state index contributed by atoms with van der Waals surface area (Å²) in [5, 5.41) is 11.7. The standard InChI is InChI=1S/C15H22N4/c1-4-16-10-13(9-14-11-19(3)18-17-14)15-8-6-5-7-12(15)2/h5-8,11,13,16H,4,9-10H2,1-3H3. The molecule has 1 atom stereocenters. The van der Waals surface area contributed by atoms with Gasteiger partial charge in [-0.25, -0.2) is 0 Å². The second-order valence-corrected chi connectivity index (χ2v) is 4.95. The summed E-state index contributed by atoms with van der Waals surface area (Å²) in [6, 6.07) is 8.59. The van der Waals surface area contributed by atoms with Gasteiger partial charge in [-0.2, -0.15) is 0 Å². The largest absolute Gasteiger partial charge is 0.316 e. The summed E-state index contributed by atoms with van der Waals surface area (Å²) in [5.74, 6) is 0.442. The van der Waals surface area contributed by atoms with Crippen LogP contribution in [0.4, 0.5) is 0 Å². The SMILES string of the molecule is CCNCC(Cc1cn(C)nn1)c1ccccc1C. The molecule has 0 spiro atoms. The molecule has 1 aromatic carbocycles. The summed E-state index contributed by atoms with van der Waals surface area (Å²) in [7, 11) is 1.91. The lowest BCUT2D eigenvalue weighted by Crippen LogP contribution is -2.23. The first-order valence-corrected chi connectivity index (χ1v) is 6.82. The molecule has 0 aliphatic carbocycles. The van der Waals surface area contributed by atoms with Crippen LogP contribution in [0.25, 0.3) is 0 Å². The van der Waals surface area contributed by atoms with Crippen molar-refractivity contribution < 1.29 is 0 Å². The lowest BCUT2D eigenvalue weighted by atomic mass is 9.91. The monoisotopic (exact) mass is 258 g/mol. The Hall–Kier alpha value is -1.68. The molecule has 2 aromatic rings. The van der Waals surface area contributed by atoms with Gasteiger partial charge in [0.2, 0.25) is 0 Å². The molecule has 19 heavy (non-hydrogen) atoms. The molecule has 0 radical (unpaired) electrons. The van der Waals surface area contributed by atoms with Crippen molar-refractivity contribution in [1.29, 1.82) is 0 Å². The van der Waals surface area contributed by atoms with E-state index in [1.807, 2.05) is 13.2 Å². The Bertz CT molecular complexity index is 518. The fourth-order valence-corrected chi connectivity index (χ4v) is 2.40. The van der Waals surface area contributed by atoms with Gasteiger partial charge < -0.3 is 5.32 Å². The first-order chi connectivity index (χ1) is 9.20. The zero-order valence-corrected chi connectivity index (χ0v) is 11.9. The quantitative estimate of drug-likeness (QED) is 0.862. The van der Waals surface area contributed by atoms with E-state index in [-0.39, 0.29) is 0 Å². The number of hydrogen-bond donors (Lipinski definition) is 1. The second kappa shape index (κ2) is 6.48. The van der Waals surface area contributed by atoms with Crippen LogP contribution in [0.5, 0.6) is 0 Å². The third-order valence-corrected chi connectivity index (χ3v) is 3.37. The van der Waals surface area contributed by atoms with Gasteiger partial charge in [0.1, 0.15) is 0 Å². The van der Waals surface area contributed by atoms with Crippen molar-refractivity contribution in [3.05, 3.63) is 47.3 Å². The van der Waals surface area contributed by atoms with Crippen LogP contribution in [-0.2, 0) is 13.5 Å². The number of likely N-dealkylation sites (N-methyl/N-ethyl adjacent to an activating group) is 1. The van der Waals surface area contributed by atoms with Gasteiger partial charge in [-0.3, -0.25) is 4.68 Å². The van der Waals surface area contributed by atoms with Gasteiger partial charge in [-0.05, 0) is 24.6 Å². The highest BCUT2D eigenvalue weighted by atomic mass is 15.4. The molecule has 4 nitrogen and oxygen atoms in total. The molecule has 4 heteroatoms. The highest BCUT2D eigenvalue weighted by Gasteiger charge is 2.15. The summed E-state index contributed by atoms with van der Waals surface area (Å²) >= 11 is 0. The molecule has 102 valence electrons. The molecule has 0 saturated heterocycles. The minimum atomic E-state index is 0.442. The number of rotatable bonds is 6. The molecular formula is C15H22N4. The van der Waals surface area contributed by atoms with Crippen molar-refractivity contribution in [3.8, 4) is 0 Å². The average Bonchev–Trinajstić information content (AvgIpc) is 2.81. The number of aryl methyl sites for hydroxylation is 2. The maximum atomic E-state index is 4.20. The molecule has 1 heterocycles. The number of benzene rings is 1. The summed E-state index contributed by atoms with van der Waals surface area (Å²) < 4.78 is 1.76. The third kappa shape index (κ3) is 3.64. The van der Waals surface area contributed by atoms with Crippen molar-refractivity contribution in [3.63, 3.8) is 0 Å².